The van der Waals surface area contributed by atoms with Crippen molar-refractivity contribution in [2.45, 2.75) is 51.1 Å². The molecule has 1 aromatic rings. The summed E-state index contributed by atoms with van der Waals surface area (Å²) in [5, 5.41) is 6.10. The van der Waals surface area contributed by atoms with Crippen LogP contribution in [0.5, 0.6) is 5.75 Å². The minimum atomic E-state index is -0.408. The molecule has 0 unspecified atom stereocenters. The Morgan fingerprint density at radius 2 is 1.80 bits per heavy atom. The minimum absolute atomic E-state index is 0.0854. The van der Waals surface area contributed by atoms with Gasteiger partial charge in [-0.1, -0.05) is 25.0 Å². The maximum atomic E-state index is 12.1. The molecular weight excluding hydrogens is 252 g/mol. The van der Waals surface area contributed by atoms with E-state index in [-0.39, 0.29) is 6.03 Å². The van der Waals surface area contributed by atoms with Crippen molar-refractivity contribution in [3.05, 3.63) is 29.8 Å². The Hall–Kier alpha value is -1.71. The Morgan fingerprint density at radius 1 is 1.20 bits per heavy atom. The van der Waals surface area contributed by atoms with Crippen LogP contribution >= 0.6 is 0 Å². The molecule has 110 valence electrons. The molecule has 0 spiro atoms. The summed E-state index contributed by atoms with van der Waals surface area (Å²) in [4.78, 5) is 12.1. The van der Waals surface area contributed by atoms with Gasteiger partial charge in [0.25, 0.3) is 0 Å². The molecule has 4 heteroatoms. The maximum Gasteiger partial charge on any atom is 0.315 e. The van der Waals surface area contributed by atoms with Gasteiger partial charge in [-0.2, -0.15) is 0 Å². The summed E-state index contributed by atoms with van der Waals surface area (Å²) in [5.74, 6) is 0.819. The van der Waals surface area contributed by atoms with Crippen LogP contribution in [0.3, 0.4) is 0 Å². The van der Waals surface area contributed by atoms with Gasteiger partial charge in [0.15, 0.2) is 0 Å². The minimum Gasteiger partial charge on any atom is -0.497 e. The second kappa shape index (κ2) is 6.16. The number of methoxy groups -OCH3 is 1. The molecule has 0 bridgehead atoms. The van der Waals surface area contributed by atoms with Crippen LogP contribution in [0.15, 0.2) is 24.3 Å². The van der Waals surface area contributed by atoms with Gasteiger partial charge in [-0.15, -0.1) is 0 Å². The highest BCUT2D eigenvalue weighted by Gasteiger charge is 2.25. The van der Waals surface area contributed by atoms with E-state index in [0.717, 1.165) is 24.2 Å². The first-order chi connectivity index (χ1) is 9.51. The van der Waals surface area contributed by atoms with Crippen LogP contribution in [0, 0.1) is 0 Å². The maximum absolute atomic E-state index is 12.1. The van der Waals surface area contributed by atoms with E-state index in [4.69, 9.17) is 4.74 Å². The van der Waals surface area contributed by atoms with E-state index >= 15 is 0 Å². The largest absolute Gasteiger partial charge is 0.497 e. The SMILES string of the molecule is COc1ccc(C(C)(C)NC(=O)NC2CCCC2)cc1. The second-order valence-electron chi connectivity index (χ2n) is 5.93. The number of urea groups is 1. The van der Waals surface area contributed by atoms with Crippen molar-refractivity contribution in [3.8, 4) is 5.75 Å². The van der Waals surface area contributed by atoms with Crippen LogP contribution in [0.2, 0.25) is 0 Å². The van der Waals surface area contributed by atoms with E-state index in [1.807, 2.05) is 38.1 Å². The van der Waals surface area contributed by atoms with Crippen LogP contribution in [-0.2, 0) is 5.54 Å². The van der Waals surface area contributed by atoms with Crippen LogP contribution in [0.1, 0.15) is 45.1 Å². The second-order valence-corrected chi connectivity index (χ2v) is 5.93. The number of benzene rings is 1. The van der Waals surface area contributed by atoms with Gasteiger partial charge in [-0.3, -0.25) is 0 Å². The number of rotatable bonds is 4. The third kappa shape index (κ3) is 3.65. The first kappa shape index (κ1) is 14.7. The van der Waals surface area contributed by atoms with Gasteiger partial charge in [0, 0.05) is 6.04 Å². The van der Waals surface area contributed by atoms with Crippen molar-refractivity contribution in [3.63, 3.8) is 0 Å². The summed E-state index contributed by atoms with van der Waals surface area (Å²) in [6, 6.07) is 8.03. The smallest absolute Gasteiger partial charge is 0.315 e. The van der Waals surface area contributed by atoms with Gasteiger partial charge < -0.3 is 15.4 Å². The molecular formula is C16H24N2O2. The number of carbonyl (C=O) groups excluding carboxylic acids is 1. The molecule has 1 aliphatic rings. The predicted octanol–water partition coefficient (Wildman–Crippen LogP) is 3.17. The number of hydrogen-bond acceptors (Lipinski definition) is 2. The molecule has 1 fully saturated rings. The average molecular weight is 276 g/mol. The first-order valence-electron chi connectivity index (χ1n) is 7.24. The zero-order chi connectivity index (χ0) is 14.6. The summed E-state index contributed by atoms with van der Waals surface area (Å²) in [7, 11) is 1.65. The molecule has 2 rings (SSSR count). The summed E-state index contributed by atoms with van der Waals surface area (Å²) in [6.45, 7) is 4.01. The normalized spacial score (nSPS) is 15.9. The van der Waals surface area contributed by atoms with Crippen LogP contribution in [-0.4, -0.2) is 19.2 Å². The number of nitrogens with one attached hydrogen (secondary N) is 2. The Labute approximate surface area is 120 Å². The quantitative estimate of drug-likeness (QED) is 0.887. The third-order valence-electron chi connectivity index (χ3n) is 3.93. The zero-order valence-electron chi connectivity index (χ0n) is 12.5. The Morgan fingerprint density at radius 3 is 2.35 bits per heavy atom. The van der Waals surface area contributed by atoms with Crippen molar-refractivity contribution >= 4 is 6.03 Å². The number of carbonyl (C=O) groups is 1. The summed E-state index contributed by atoms with van der Waals surface area (Å²) < 4.78 is 5.15. The van der Waals surface area contributed by atoms with Gasteiger partial charge >= 0.3 is 6.03 Å². The summed E-state index contributed by atoms with van der Waals surface area (Å²) in [6.07, 6.45) is 4.62. The fraction of sp³-hybridized carbons (Fsp3) is 0.562. The molecule has 1 saturated carbocycles. The number of amides is 2. The van der Waals surface area contributed by atoms with Gasteiger partial charge in [0.2, 0.25) is 0 Å². The molecule has 2 N–H and O–H groups in total. The van der Waals surface area contributed by atoms with Crippen molar-refractivity contribution in [2.24, 2.45) is 0 Å². The summed E-state index contributed by atoms with van der Waals surface area (Å²) >= 11 is 0. The molecule has 0 heterocycles. The lowest BCUT2D eigenvalue weighted by Crippen LogP contribution is -2.48. The molecule has 4 nitrogen and oxygen atoms in total. The highest BCUT2D eigenvalue weighted by molar-refractivity contribution is 5.75. The lowest BCUT2D eigenvalue weighted by Gasteiger charge is -2.28. The first-order valence-corrected chi connectivity index (χ1v) is 7.24. The Kier molecular flexibility index (Phi) is 4.53. The van der Waals surface area contributed by atoms with E-state index in [1.165, 1.54) is 12.8 Å². The number of hydrogen-bond donors (Lipinski definition) is 2. The summed E-state index contributed by atoms with van der Waals surface area (Å²) in [5.41, 5.74) is 0.648. The fourth-order valence-electron chi connectivity index (χ4n) is 2.66. The zero-order valence-corrected chi connectivity index (χ0v) is 12.5. The monoisotopic (exact) mass is 276 g/mol. The standard InChI is InChI=1S/C16H24N2O2/c1-16(2,12-8-10-14(20-3)11-9-12)18-15(19)17-13-6-4-5-7-13/h8-11,13H,4-7H2,1-3H3,(H2,17,18,19). The van der Waals surface area contributed by atoms with E-state index in [0.29, 0.717) is 6.04 Å². The molecule has 0 aliphatic heterocycles. The van der Waals surface area contributed by atoms with Crippen LogP contribution < -0.4 is 15.4 Å². The fourth-order valence-corrected chi connectivity index (χ4v) is 2.66. The molecule has 0 aromatic heterocycles. The molecule has 20 heavy (non-hydrogen) atoms. The Bertz CT molecular complexity index is 448. The predicted molar refractivity (Wildman–Crippen MR) is 79.9 cm³/mol. The molecule has 1 aliphatic carbocycles. The van der Waals surface area contributed by atoms with Crippen molar-refractivity contribution < 1.29 is 9.53 Å². The van der Waals surface area contributed by atoms with Crippen molar-refractivity contribution in [1.29, 1.82) is 0 Å². The molecule has 0 radical (unpaired) electrons. The highest BCUT2D eigenvalue weighted by atomic mass is 16.5. The van der Waals surface area contributed by atoms with E-state index < -0.39 is 5.54 Å². The topological polar surface area (TPSA) is 50.4 Å². The lowest BCUT2D eigenvalue weighted by atomic mass is 9.94. The third-order valence-corrected chi connectivity index (χ3v) is 3.93. The molecule has 0 saturated heterocycles. The van der Waals surface area contributed by atoms with Crippen molar-refractivity contribution in [1.82, 2.24) is 10.6 Å². The van der Waals surface area contributed by atoms with Gasteiger partial charge in [-0.25, -0.2) is 4.79 Å². The number of ether oxygens (including phenoxy) is 1. The van der Waals surface area contributed by atoms with Crippen molar-refractivity contribution in [2.75, 3.05) is 7.11 Å². The Balaban J connectivity index is 1.95. The van der Waals surface area contributed by atoms with Gasteiger partial charge in [0.05, 0.1) is 12.6 Å². The van der Waals surface area contributed by atoms with Crippen LogP contribution in [0.25, 0.3) is 0 Å². The average Bonchev–Trinajstić information content (AvgIpc) is 2.91. The van der Waals surface area contributed by atoms with E-state index in [2.05, 4.69) is 10.6 Å². The highest BCUT2D eigenvalue weighted by Crippen LogP contribution is 2.23. The molecule has 1 aromatic carbocycles. The molecule has 2 amide bonds. The van der Waals surface area contributed by atoms with Gasteiger partial charge in [0.1, 0.15) is 5.75 Å². The van der Waals surface area contributed by atoms with E-state index in [9.17, 15) is 4.79 Å². The lowest BCUT2D eigenvalue weighted by molar-refractivity contribution is 0.226. The van der Waals surface area contributed by atoms with Crippen LogP contribution in [0.4, 0.5) is 4.79 Å². The van der Waals surface area contributed by atoms with E-state index in [1.54, 1.807) is 7.11 Å². The molecule has 0 atom stereocenters. The van der Waals surface area contributed by atoms with Gasteiger partial charge in [-0.05, 0) is 44.4 Å².